The van der Waals surface area contributed by atoms with Crippen LogP contribution in [0.25, 0.3) is 10.8 Å². The third-order valence-electron chi connectivity index (χ3n) is 4.11. The van der Waals surface area contributed by atoms with Gasteiger partial charge in [-0.3, -0.25) is 0 Å². The highest BCUT2D eigenvalue weighted by Gasteiger charge is 2.05. The summed E-state index contributed by atoms with van der Waals surface area (Å²) in [5.41, 5.74) is 5.16. The molecule has 1 heterocycles. The average molecular weight is 264 g/mol. The number of hydrogen-bond acceptors (Lipinski definition) is 1. The first kappa shape index (κ1) is 12.8. The molecule has 0 amide bonds. The Bertz CT molecular complexity index is 753. The molecule has 0 bridgehead atoms. The minimum atomic E-state index is 0.867. The number of aromatic nitrogens is 1. The van der Waals surface area contributed by atoms with Crippen molar-refractivity contribution in [1.82, 2.24) is 4.57 Å². The fraction of sp³-hybridized carbons (Fsp3) is 0.222. The molecule has 0 atom stereocenters. The molecule has 20 heavy (non-hydrogen) atoms. The van der Waals surface area contributed by atoms with Gasteiger partial charge in [-0.1, -0.05) is 30.3 Å². The molecular formula is C18H20N2. The van der Waals surface area contributed by atoms with E-state index >= 15 is 0 Å². The van der Waals surface area contributed by atoms with Gasteiger partial charge in [0, 0.05) is 30.7 Å². The zero-order valence-corrected chi connectivity index (χ0v) is 12.3. The molecule has 0 spiro atoms. The van der Waals surface area contributed by atoms with Gasteiger partial charge in [0.25, 0.3) is 0 Å². The smallest absolute Gasteiger partial charge is 0.0418 e. The van der Waals surface area contributed by atoms with Gasteiger partial charge < -0.3 is 9.88 Å². The topological polar surface area (TPSA) is 17.0 Å². The number of rotatable bonds is 3. The highest BCUT2D eigenvalue weighted by atomic mass is 15.0. The zero-order chi connectivity index (χ0) is 14.1. The Morgan fingerprint density at radius 3 is 2.40 bits per heavy atom. The fourth-order valence-corrected chi connectivity index (χ4v) is 2.61. The van der Waals surface area contributed by atoms with Gasteiger partial charge >= 0.3 is 0 Å². The molecule has 0 radical (unpaired) electrons. The normalized spacial score (nSPS) is 10.9. The Kier molecular flexibility index (Phi) is 3.23. The van der Waals surface area contributed by atoms with Crippen LogP contribution >= 0.6 is 0 Å². The number of hydrogen-bond donors (Lipinski definition) is 1. The van der Waals surface area contributed by atoms with Crippen LogP contribution in [0.15, 0.2) is 48.5 Å². The van der Waals surface area contributed by atoms with Gasteiger partial charge in [-0.2, -0.15) is 0 Å². The quantitative estimate of drug-likeness (QED) is 0.741. The summed E-state index contributed by atoms with van der Waals surface area (Å²) in [5, 5.41) is 6.08. The minimum absolute atomic E-state index is 0.867. The van der Waals surface area contributed by atoms with Crippen LogP contribution in [0.3, 0.4) is 0 Å². The Morgan fingerprint density at radius 1 is 0.950 bits per heavy atom. The van der Waals surface area contributed by atoms with Crippen LogP contribution in [0.2, 0.25) is 0 Å². The summed E-state index contributed by atoms with van der Waals surface area (Å²) in [6.07, 6.45) is 0. The molecule has 3 rings (SSSR count). The fourth-order valence-electron chi connectivity index (χ4n) is 2.61. The number of nitrogens with zero attached hydrogens (tertiary/aromatic N) is 1. The maximum Gasteiger partial charge on any atom is 0.0418 e. The second-order valence-corrected chi connectivity index (χ2v) is 5.37. The molecule has 0 aliphatic rings. The first-order chi connectivity index (χ1) is 9.65. The predicted octanol–water partition coefficient (Wildman–Crippen LogP) is 4.41. The number of anilines is 1. The van der Waals surface area contributed by atoms with Gasteiger partial charge in [0.1, 0.15) is 0 Å². The van der Waals surface area contributed by atoms with Crippen LogP contribution in [0.1, 0.15) is 17.0 Å². The van der Waals surface area contributed by atoms with E-state index in [1.54, 1.807) is 0 Å². The summed E-state index contributed by atoms with van der Waals surface area (Å²) in [5.74, 6) is 0. The summed E-state index contributed by atoms with van der Waals surface area (Å²) in [7, 11) is 2.12. The van der Waals surface area contributed by atoms with E-state index in [2.05, 4.69) is 79.3 Å². The van der Waals surface area contributed by atoms with Crippen molar-refractivity contribution in [3.8, 4) is 0 Å². The van der Waals surface area contributed by atoms with Gasteiger partial charge in [0.2, 0.25) is 0 Å². The molecule has 2 nitrogen and oxygen atoms in total. The second kappa shape index (κ2) is 5.04. The highest BCUT2D eigenvalue weighted by molar-refractivity contribution is 5.85. The largest absolute Gasteiger partial charge is 0.381 e. The molecule has 2 heteroatoms. The molecule has 2 aromatic carbocycles. The summed E-state index contributed by atoms with van der Waals surface area (Å²) >= 11 is 0. The molecule has 1 aromatic heterocycles. The number of fused-ring (bicyclic) bond motifs is 1. The van der Waals surface area contributed by atoms with E-state index in [1.807, 2.05) is 0 Å². The van der Waals surface area contributed by atoms with Crippen LogP contribution < -0.4 is 5.32 Å². The van der Waals surface area contributed by atoms with Crippen molar-refractivity contribution in [3.63, 3.8) is 0 Å². The number of benzene rings is 2. The summed E-state index contributed by atoms with van der Waals surface area (Å²) < 4.78 is 2.23. The Balaban J connectivity index is 1.81. The lowest BCUT2D eigenvalue weighted by Gasteiger charge is -2.08. The molecule has 1 N–H and O–H groups in total. The van der Waals surface area contributed by atoms with Crippen molar-refractivity contribution in [3.05, 3.63) is 65.5 Å². The van der Waals surface area contributed by atoms with Gasteiger partial charge in [0.15, 0.2) is 0 Å². The summed E-state index contributed by atoms with van der Waals surface area (Å²) in [4.78, 5) is 0. The Morgan fingerprint density at radius 2 is 1.70 bits per heavy atom. The summed E-state index contributed by atoms with van der Waals surface area (Å²) in [6.45, 7) is 5.18. The second-order valence-electron chi connectivity index (χ2n) is 5.37. The van der Waals surface area contributed by atoms with E-state index in [4.69, 9.17) is 0 Å². The van der Waals surface area contributed by atoms with E-state index in [9.17, 15) is 0 Å². The van der Waals surface area contributed by atoms with Crippen molar-refractivity contribution in [2.75, 3.05) is 5.32 Å². The Hall–Kier alpha value is -2.22. The van der Waals surface area contributed by atoms with Crippen LogP contribution in [0.5, 0.6) is 0 Å². The van der Waals surface area contributed by atoms with E-state index in [1.165, 1.54) is 33.4 Å². The molecule has 0 fully saturated rings. The van der Waals surface area contributed by atoms with Crippen LogP contribution in [0.4, 0.5) is 5.69 Å². The first-order valence-electron chi connectivity index (χ1n) is 6.99. The van der Waals surface area contributed by atoms with Gasteiger partial charge in [-0.25, -0.2) is 0 Å². The van der Waals surface area contributed by atoms with Crippen molar-refractivity contribution in [2.24, 2.45) is 7.05 Å². The third kappa shape index (κ3) is 2.29. The summed E-state index contributed by atoms with van der Waals surface area (Å²) in [6, 6.07) is 17.2. The molecule has 0 unspecified atom stereocenters. The minimum Gasteiger partial charge on any atom is -0.381 e. The highest BCUT2D eigenvalue weighted by Crippen LogP contribution is 2.20. The van der Waals surface area contributed by atoms with E-state index in [0.29, 0.717) is 0 Å². The maximum atomic E-state index is 3.52. The van der Waals surface area contributed by atoms with Crippen molar-refractivity contribution in [1.29, 1.82) is 0 Å². The monoisotopic (exact) mass is 264 g/mol. The van der Waals surface area contributed by atoms with Gasteiger partial charge in [-0.05, 0) is 48.4 Å². The molecule has 102 valence electrons. The molecule has 0 saturated carbocycles. The molecule has 3 aromatic rings. The van der Waals surface area contributed by atoms with E-state index < -0.39 is 0 Å². The van der Waals surface area contributed by atoms with E-state index in [-0.39, 0.29) is 0 Å². The number of aryl methyl sites for hydroxylation is 1. The lowest BCUT2D eigenvalue weighted by Crippen LogP contribution is -2.01. The van der Waals surface area contributed by atoms with E-state index in [0.717, 1.165) is 6.54 Å². The molecule has 0 aliphatic heterocycles. The first-order valence-corrected chi connectivity index (χ1v) is 6.99. The lowest BCUT2D eigenvalue weighted by molar-refractivity contribution is 0.837. The molecule has 0 aliphatic carbocycles. The van der Waals surface area contributed by atoms with Crippen molar-refractivity contribution >= 4 is 16.5 Å². The predicted molar refractivity (Wildman–Crippen MR) is 86.2 cm³/mol. The van der Waals surface area contributed by atoms with Crippen molar-refractivity contribution < 1.29 is 0 Å². The average Bonchev–Trinajstić information content (AvgIpc) is 2.72. The maximum absolute atomic E-state index is 3.52. The SMILES string of the molecule is Cc1cc(CNc2ccc3ccccc3c2)c(C)n1C. The van der Waals surface area contributed by atoms with Crippen LogP contribution in [-0.4, -0.2) is 4.57 Å². The number of nitrogens with one attached hydrogen (secondary N) is 1. The van der Waals surface area contributed by atoms with Crippen LogP contribution in [-0.2, 0) is 13.6 Å². The standard InChI is InChI=1S/C18H20N2/c1-13-10-17(14(2)20(13)3)12-19-18-9-8-15-6-4-5-7-16(15)11-18/h4-11,19H,12H2,1-3H3. The van der Waals surface area contributed by atoms with Gasteiger partial charge in [-0.15, -0.1) is 0 Å². The van der Waals surface area contributed by atoms with Gasteiger partial charge in [0.05, 0.1) is 0 Å². The molecule has 0 saturated heterocycles. The Labute approximate surface area is 120 Å². The lowest BCUT2D eigenvalue weighted by atomic mass is 10.1. The molecular weight excluding hydrogens is 244 g/mol. The zero-order valence-electron chi connectivity index (χ0n) is 12.3. The third-order valence-corrected chi connectivity index (χ3v) is 4.11. The van der Waals surface area contributed by atoms with Crippen LogP contribution in [0, 0.1) is 13.8 Å². The van der Waals surface area contributed by atoms with Crippen molar-refractivity contribution in [2.45, 2.75) is 20.4 Å².